The number of rotatable bonds is 10. The molecule has 12 heteroatoms. The van der Waals surface area contributed by atoms with Crippen molar-refractivity contribution in [2.45, 2.75) is 18.7 Å². The van der Waals surface area contributed by atoms with Crippen LogP contribution in [0, 0.1) is 13.8 Å². The molecule has 32 heavy (non-hydrogen) atoms. The molecule has 0 radical (unpaired) electrons. The van der Waals surface area contributed by atoms with E-state index in [0.29, 0.717) is 11.4 Å². The summed E-state index contributed by atoms with van der Waals surface area (Å²) >= 11 is -1.65. The average Bonchev–Trinajstić information content (AvgIpc) is 2.72. The van der Waals surface area contributed by atoms with Gasteiger partial charge in [-0.1, -0.05) is 12.6 Å². The smallest absolute Gasteiger partial charge is 0.296 e. The lowest BCUT2D eigenvalue weighted by Crippen LogP contribution is -2.28. The molecule has 172 valence electrons. The fraction of sp³-hybridized carbons (Fsp3) is 0.250. The number of hydrogen-bond donors (Lipinski definition) is 2. The zero-order valence-electron chi connectivity index (χ0n) is 17.7. The molecule has 1 unspecified atom stereocenters. The van der Waals surface area contributed by atoms with Crippen molar-refractivity contribution in [3.63, 3.8) is 0 Å². The van der Waals surface area contributed by atoms with Gasteiger partial charge in [-0.3, -0.25) is 9.35 Å². The second-order valence-corrected chi connectivity index (χ2v) is 9.09. The van der Waals surface area contributed by atoms with Crippen molar-refractivity contribution in [1.29, 1.82) is 0 Å². The Labute approximate surface area is 188 Å². The Balaban J connectivity index is 2.30. The number of carbonyl (C=O) groups excluding carboxylic acids is 1. The average molecular weight is 482 g/mol. The van der Waals surface area contributed by atoms with Crippen molar-refractivity contribution < 1.29 is 30.9 Å². The Hall–Kier alpha value is -3.09. The van der Waals surface area contributed by atoms with E-state index in [0.717, 1.165) is 23.5 Å². The zero-order chi connectivity index (χ0) is 23.9. The first kappa shape index (κ1) is 25.2. The summed E-state index contributed by atoms with van der Waals surface area (Å²) in [7, 11) is -3.19. The molecule has 0 fully saturated rings. The molecule has 0 aromatic heterocycles. The van der Waals surface area contributed by atoms with E-state index in [1.54, 1.807) is 6.07 Å². The highest BCUT2D eigenvalue weighted by molar-refractivity contribution is 7.86. The molecular weight excluding hydrogens is 458 g/mol. The Kier molecular flexibility index (Phi) is 8.63. The Morgan fingerprint density at radius 3 is 2.50 bits per heavy atom. The molecule has 0 aliphatic rings. The minimum absolute atomic E-state index is 0.00851. The predicted molar refractivity (Wildman–Crippen MR) is 120 cm³/mol. The molecule has 2 rings (SSSR count). The van der Waals surface area contributed by atoms with Crippen LogP contribution in [0.3, 0.4) is 0 Å². The molecule has 0 heterocycles. The lowest BCUT2D eigenvalue weighted by Gasteiger charge is -2.09. The first-order valence-corrected chi connectivity index (χ1v) is 11.9. The number of nitrogens with one attached hydrogen (secondary N) is 1. The van der Waals surface area contributed by atoms with Crippen LogP contribution in [0.4, 0.5) is 11.4 Å². The fourth-order valence-corrected chi connectivity index (χ4v) is 3.84. The van der Waals surface area contributed by atoms with Gasteiger partial charge in [0.15, 0.2) is 0 Å². The van der Waals surface area contributed by atoms with Crippen molar-refractivity contribution in [3.8, 4) is 5.75 Å². The van der Waals surface area contributed by atoms with Gasteiger partial charge in [0, 0.05) is 18.2 Å². The molecule has 2 N–H and O–H groups in total. The van der Waals surface area contributed by atoms with Gasteiger partial charge in [0.25, 0.3) is 16.0 Å². The number of ether oxygens (including phenoxy) is 1. The maximum atomic E-state index is 12.3. The Morgan fingerprint density at radius 1 is 1.19 bits per heavy atom. The summed E-state index contributed by atoms with van der Waals surface area (Å²) < 4.78 is 54.6. The van der Waals surface area contributed by atoms with Gasteiger partial charge in [-0.15, -0.1) is 5.11 Å². The fourth-order valence-electron chi connectivity index (χ4n) is 2.68. The van der Waals surface area contributed by atoms with E-state index in [4.69, 9.17) is 4.74 Å². The van der Waals surface area contributed by atoms with Crippen LogP contribution >= 0.6 is 0 Å². The molecule has 0 spiro atoms. The van der Waals surface area contributed by atoms with Crippen LogP contribution in [0.25, 0.3) is 0 Å². The number of carbonyl (C=O) groups is 1. The topological polar surface area (TPSA) is 144 Å². The van der Waals surface area contributed by atoms with Crippen LogP contribution in [0.5, 0.6) is 5.75 Å². The first-order valence-electron chi connectivity index (χ1n) is 9.20. The van der Waals surface area contributed by atoms with E-state index >= 15 is 0 Å². The van der Waals surface area contributed by atoms with Crippen molar-refractivity contribution in [3.05, 3.63) is 59.9 Å². The van der Waals surface area contributed by atoms with Gasteiger partial charge in [-0.2, -0.15) is 13.5 Å². The third-order valence-corrected chi connectivity index (χ3v) is 5.98. The highest BCUT2D eigenvalue weighted by atomic mass is 32.2. The second-order valence-electron chi connectivity index (χ2n) is 6.49. The summed E-state index contributed by atoms with van der Waals surface area (Å²) in [6.45, 7) is 6.97. The van der Waals surface area contributed by atoms with Crippen LogP contribution in [-0.4, -0.2) is 42.5 Å². The molecule has 2 aromatic carbocycles. The number of methoxy groups -OCH3 is 1. The quantitative estimate of drug-likeness (QED) is 0.300. The lowest BCUT2D eigenvalue weighted by atomic mass is 10.1. The van der Waals surface area contributed by atoms with E-state index in [9.17, 15) is 22.0 Å². The minimum Gasteiger partial charge on any atom is -0.496 e. The second kappa shape index (κ2) is 11.0. The van der Waals surface area contributed by atoms with Crippen LogP contribution in [-0.2, 0) is 25.4 Å². The Morgan fingerprint density at radius 2 is 1.88 bits per heavy atom. The van der Waals surface area contributed by atoms with Crippen LogP contribution in [0.1, 0.15) is 21.5 Å². The summed E-state index contributed by atoms with van der Waals surface area (Å²) in [5, 5.41) is 10.5. The molecule has 1 atom stereocenters. The number of benzene rings is 2. The maximum absolute atomic E-state index is 12.3. The summed E-state index contributed by atoms with van der Waals surface area (Å²) in [6, 6.07) is 7.07. The molecule has 0 saturated carbocycles. The van der Waals surface area contributed by atoms with Crippen LogP contribution in [0.2, 0.25) is 0 Å². The molecular formula is C20H23N3O7S2. The highest BCUT2D eigenvalue weighted by Crippen LogP contribution is 2.32. The van der Waals surface area contributed by atoms with Crippen molar-refractivity contribution in [2.75, 3.05) is 19.4 Å². The van der Waals surface area contributed by atoms with Gasteiger partial charge >= 0.3 is 0 Å². The maximum Gasteiger partial charge on any atom is 0.296 e. The van der Waals surface area contributed by atoms with Crippen LogP contribution in [0.15, 0.2) is 58.3 Å². The summed E-state index contributed by atoms with van der Waals surface area (Å²) in [6.07, 6.45) is 1.03. The van der Waals surface area contributed by atoms with Crippen molar-refractivity contribution >= 4 is 38.5 Å². The van der Waals surface area contributed by atoms with E-state index in [-0.39, 0.29) is 23.5 Å². The number of amides is 1. The van der Waals surface area contributed by atoms with Gasteiger partial charge in [0.2, 0.25) is 11.1 Å². The van der Waals surface area contributed by atoms with E-state index < -0.39 is 32.0 Å². The zero-order valence-corrected chi connectivity index (χ0v) is 19.3. The van der Waals surface area contributed by atoms with E-state index in [1.807, 2.05) is 19.9 Å². The lowest BCUT2D eigenvalue weighted by molar-refractivity contribution is 0.0956. The highest BCUT2D eigenvalue weighted by Gasteiger charge is 2.19. The van der Waals surface area contributed by atoms with Gasteiger partial charge in [0.05, 0.1) is 24.8 Å². The van der Waals surface area contributed by atoms with E-state index in [1.165, 1.54) is 19.2 Å². The summed E-state index contributed by atoms with van der Waals surface area (Å²) in [5.74, 6) is -0.0340. The van der Waals surface area contributed by atoms with E-state index in [2.05, 4.69) is 26.3 Å². The molecule has 0 bridgehead atoms. The van der Waals surface area contributed by atoms with Gasteiger partial charge < -0.3 is 14.2 Å². The first-order chi connectivity index (χ1) is 15.1. The van der Waals surface area contributed by atoms with Crippen LogP contribution < -0.4 is 10.1 Å². The monoisotopic (exact) mass is 481 g/mol. The number of aryl methyl sites for hydroxylation is 2. The summed E-state index contributed by atoms with van der Waals surface area (Å²) in [4.78, 5) is 11.7. The molecule has 10 nitrogen and oxygen atoms in total. The summed E-state index contributed by atoms with van der Waals surface area (Å²) in [5.41, 5.74) is 1.95. The Bertz CT molecular complexity index is 1180. The molecule has 1 amide bonds. The number of azo groups is 1. The number of hydrogen-bond acceptors (Lipinski definition) is 8. The van der Waals surface area contributed by atoms with Gasteiger partial charge in [-0.05, 0) is 43.2 Å². The van der Waals surface area contributed by atoms with Crippen molar-refractivity contribution in [2.24, 2.45) is 10.2 Å². The molecule has 0 saturated heterocycles. The molecule has 2 aromatic rings. The molecule has 0 aliphatic carbocycles. The third-order valence-electron chi connectivity index (χ3n) is 4.21. The SMILES string of the molecule is C=COS(=O)CCNC(=O)c1ccc(N=Nc2cc(OC)c(C)cc2C)c(S(=O)(=O)O)c1. The standard InChI is InChI=1S/C20H23N3O7S2/c1-5-30-31(25)9-8-21-20(24)15-6-7-16(19(11-15)32(26,27)28)22-23-17-12-18(29-4)14(3)10-13(17)2/h5-7,10-12H,1,8-9H2,2-4H3,(H,21,24)(H,26,27,28). The number of nitrogens with zero attached hydrogens (tertiary/aromatic N) is 2. The normalized spacial score (nSPS) is 12.4. The predicted octanol–water partition coefficient (Wildman–Crippen LogP) is 3.53. The molecule has 0 aliphatic heterocycles. The largest absolute Gasteiger partial charge is 0.496 e. The van der Waals surface area contributed by atoms with Gasteiger partial charge in [-0.25, -0.2) is 4.21 Å². The minimum atomic E-state index is -4.70. The third kappa shape index (κ3) is 6.70. The van der Waals surface area contributed by atoms with Crippen molar-refractivity contribution in [1.82, 2.24) is 5.32 Å². The van der Waals surface area contributed by atoms with Gasteiger partial charge in [0.1, 0.15) is 16.3 Å².